The summed E-state index contributed by atoms with van der Waals surface area (Å²) in [7, 11) is 0. The topological polar surface area (TPSA) is 36.4 Å². The van der Waals surface area contributed by atoms with Gasteiger partial charge in [0.05, 0.1) is 17.2 Å². The van der Waals surface area contributed by atoms with Gasteiger partial charge in [-0.1, -0.05) is 0 Å². The highest BCUT2D eigenvalue weighted by molar-refractivity contribution is 7.09. The number of carbonyl (C=O) groups is 1. The van der Waals surface area contributed by atoms with Crippen LogP contribution in [0.15, 0.2) is 11.5 Å². The lowest BCUT2D eigenvalue weighted by Crippen LogP contribution is -2.61. The van der Waals surface area contributed by atoms with Crippen molar-refractivity contribution in [3.8, 4) is 0 Å². The first-order chi connectivity index (χ1) is 10.6. The Morgan fingerprint density at radius 1 is 1.43 bits per heavy atom. The summed E-state index contributed by atoms with van der Waals surface area (Å²) < 4.78 is 37.8. The van der Waals surface area contributed by atoms with E-state index in [9.17, 15) is 18.0 Å². The second kappa shape index (κ2) is 6.60. The molecule has 8 heteroatoms. The number of carbonyl (C=O) groups excluding carboxylic acids is 1. The number of aromatic nitrogens is 1. The van der Waals surface area contributed by atoms with Crippen LogP contribution < -0.4 is 0 Å². The van der Waals surface area contributed by atoms with Crippen LogP contribution in [0.2, 0.25) is 0 Å². The van der Waals surface area contributed by atoms with Crippen LogP contribution in [0.25, 0.3) is 6.08 Å². The van der Waals surface area contributed by atoms with E-state index in [-0.39, 0.29) is 19.0 Å². The minimum atomic E-state index is -4.23. The maximum atomic E-state index is 12.6. The van der Waals surface area contributed by atoms with Crippen molar-refractivity contribution in [1.82, 2.24) is 14.8 Å². The second-order valence-corrected chi connectivity index (χ2v) is 7.30. The molecule has 2 rings (SSSR count). The summed E-state index contributed by atoms with van der Waals surface area (Å²) in [5.74, 6) is -0.199. The van der Waals surface area contributed by atoms with Crippen molar-refractivity contribution in [2.75, 3.05) is 26.2 Å². The van der Waals surface area contributed by atoms with Gasteiger partial charge in [0.25, 0.3) is 0 Å². The smallest absolute Gasteiger partial charge is 0.336 e. The first-order valence-electron chi connectivity index (χ1n) is 7.28. The molecule has 4 nitrogen and oxygen atoms in total. The van der Waals surface area contributed by atoms with Crippen molar-refractivity contribution < 1.29 is 18.0 Å². The van der Waals surface area contributed by atoms with Crippen molar-refractivity contribution in [2.45, 2.75) is 32.5 Å². The van der Waals surface area contributed by atoms with E-state index in [0.717, 1.165) is 10.7 Å². The lowest BCUT2D eigenvalue weighted by molar-refractivity contribution is -0.166. The number of nitrogens with zero attached hydrogens (tertiary/aromatic N) is 3. The molecule has 1 amide bonds. The van der Waals surface area contributed by atoms with Crippen LogP contribution in [0.5, 0.6) is 0 Å². The van der Waals surface area contributed by atoms with E-state index in [0.29, 0.717) is 6.54 Å². The Labute approximate surface area is 137 Å². The lowest BCUT2D eigenvalue weighted by Gasteiger charge is -2.47. The number of hydrogen-bond acceptors (Lipinski definition) is 4. The molecule has 2 heterocycles. The van der Waals surface area contributed by atoms with Gasteiger partial charge in [-0.3, -0.25) is 9.69 Å². The number of thiazole rings is 1. The summed E-state index contributed by atoms with van der Waals surface area (Å²) in [5, 5.41) is 2.77. The van der Waals surface area contributed by atoms with E-state index < -0.39 is 18.3 Å². The Morgan fingerprint density at radius 2 is 2.13 bits per heavy atom. The third-order valence-electron chi connectivity index (χ3n) is 3.79. The van der Waals surface area contributed by atoms with Crippen LogP contribution in [-0.4, -0.2) is 58.6 Å². The van der Waals surface area contributed by atoms with Crippen molar-refractivity contribution in [1.29, 1.82) is 0 Å². The molecular formula is C15H20F3N3OS. The maximum absolute atomic E-state index is 12.6. The van der Waals surface area contributed by atoms with Crippen molar-refractivity contribution in [3.05, 3.63) is 22.2 Å². The molecule has 0 radical (unpaired) electrons. The minimum Gasteiger partial charge on any atom is -0.336 e. The van der Waals surface area contributed by atoms with Crippen LogP contribution in [0.3, 0.4) is 0 Å². The molecule has 0 spiro atoms. The molecular weight excluding hydrogens is 327 g/mol. The molecule has 1 aromatic rings. The van der Waals surface area contributed by atoms with Gasteiger partial charge in [-0.2, -0.15) is 13.2 Å². The molecule has 1 saturated heterocycles. The average molecular weight is 347 g/mol. The minimum absolute atomic E-state index is 0.199. The summed E-state index contributed by atoms with van der Waals surface area (Å²) in [6.45, 7) is 5.16. The molecule has 0 bridgehead atoms. The molecule has 1 aromatic heterocycles. The van der Waals surface area contributed by atoms with Crippen LogP contribution in [-0.2, 0) is 4.79 Å². The normalized spacial score (nSPS) is 19.5. The molecule has 0 unspecified atom stereocenters. The van der Waals surface area contributed by atoms with Crippen molar-refractivity contribution in [3.63, 3.8) is 0 Å². The standard InChI is InChI=1S/C15H20F3N3OS/c1-11-19-12(8-23-11)4-5-13(22)20-6-7-21(10-15(16,17)18)14(2,3)9-20/h4-5,8H,6-7,9-10H2,1-3H3/b5-4+. The Kier molecular flexibility index (Phi) is 5.15. The molecule has 1 aliphatic rings. The van der Waals surface area contributed by atoms with E-state index in [2.05, 4.69) is 4.98 Å². The largest absolute Gasteiger partial charge is 0.401 e. The SMILES string of the molecule is Cc1nc(/C=C/C(=O)N2CCN(CC(F)(F)F)C(C)(C)C2)cs1. The van der Waals surface area contributed by atoms with Gasteiger partial charge in [0.1, 0.15) is 0 Å². The number of alkyl halides is 3. The number of rotatable bonds is 3. The zero-order valence-electron chi connectivity index (χ0n) is 13.4. The highest BCUT2D eigenvalue weighted by atomic mass is 32.1. The van der Waals surface area contributed by atoms with Gasteiger partial charge in [-0.15, -0.1) is 11.3 Å². The predicted octanol–water partition coefficient (Wildman–Crippen LogP) is 2.95. The van der Waals surface area contributed by atoms with Crippen molar-refractivity contribution in [2.24, 2.45) is 0 Å². The third kappa shape index (κ3) is 5.04. The van der Waals surface area contributed by atoms with Gasteiger partial charge >= 0.3 is 6.18 Å². The summed E-state index contributed by atoms with van der Waals surface area (Å²) in [4.78, 5) is 19.4. The Morgan fingerprint density at radius 3 is 2.65 bits per heavy atom. The molecule has 0 N–H and O–H groups in total. The van der Waals surface area contributed by atoms with Gasteiger partial charge < -0.3 is 4.90 Å². The van der Waals surface area contributed by atoms with Gasteiger partial charge in [-0.05, 0) is 26.8 Å². The number of aryl methyl sites for hydroxylation is 1. The first kappa shape index (κ1) is 17.9. The summed E-state index contributed by atoms with van der Waals surface area (Å²) in [5.41, 5.74) is 0.00455. The van der Waals surface area contributed by atoms with Gasteiger partial charge in [0.2, 0.25) is 5.91 Å². The fourth-order valence-electron chi connectivity index (χ4n) is 2.61. The molecule has 128 valence electrons. The Hall–Kier alpha value is -1.41. The zero-order chi connectivity index (χ0) is 17.3. The first-order valence-corrected chi connectivity index (χ1v) is 8.16. The lowest BCUT2D eigenvalue weighted by atomic mass is 9.98. The molecule has 0 saturated carbocycles. The van der Waals surface area contributed by atoms with E-state index in [1.54, 1.807) is 24.8 Å². The molecule has 23 heavy (non-hydrogen) atoms. The fraction of sp³-hybridized carbons (Fsp3) is 0.600. The number of piperazine rings is 1. The van der Waals surface area contributed by atoms with Gasteiger partial charge in [0, 0.05) is 36.6 Å². The van der Waals surface area contributed by atoms with E-state index in [1.807, 2.05) is 12.3 Å². The number of hydrogen-bond donors (Lipinski definition) is 0. The van der Waals surface area contributed by atoms with E-state index in [1.165, 1.54) is 22.3 Å². The summed E-state index contributed by atoms with van der Waals surface area (Å²) >= 11 is 1.50. The number of halogens is 3. The second-order valence-electron chi connectivity index (χ2n) is 6.23. The van der Waals surface area contributed by atoms with Crippen molar-refractivity contribution >= 4 is 23.3 Å². The fourth-order valence-corrected chi connectivity index (χ4v) is 3.19. The monoisotopic (exact) mass is 347 g/mol. The van der Waals surface area contributed by atoms with Gasteiger partial charge in [0.15, 0.2) is 0 Å². The van der Waals surface area contributed by atoms with Crippen LogP contribution in [0.1, 0.15) is 24.5 Å². The van der Waals surface area contributed by atoms with Gasteiger partial charge in [-0.25, -0.2) is 4.98 Å². The highest BCUT2D eigenvalue weighted by Gasteiger charge is 2.41. The predicted molar refractivity (Wildman–Crippen MR) is 84.2 cm³/mol. The Bertz CT molecular complexity index is 595. The maximum Gasteiger partial charge on any atom is 0.401 e. The summed E-state index contributed by atoms with van der Waals surface area (Å²) in [6.07, 6.45) is -1.16. The van der Waals surface area contributed by atoms with E-state index >= 15 is 0 Å². The molecule has 1 fully saturated rings. The van der Waals surface area contributed by atoms with Crippen LogP contribution in [0, 0.1) is 6.92 Å². The molecule has 0 atom stereocenters. The molecule has 1 aliphatic heterocycles. The Balaban J connectivity index is 1.98. The van der Waals surface area contributed by atoms with Crippen LogP contribution >= 0.6 is 11.3 Å². The highest BCUT2D eigenvalue weighted by Crippen LogP contribution is 2.26. The average Bonchev–Trinajstić information content (AvgIpc) is 2.82. The molecule has 0 aliphatic carbocycles. The van der Waals surface area contributed by atoms with E-state index in [4.69, 9.17) is 0 Å². The zero-order valence-corrected chi connectivity index (χ0v) is 14.2. The quantitative estimate of drug-likeness (QED) is 0.789. The number of amides is 1. The third-order valence-corrected chi connectivity index (χ3v) is 4.58. The summed E-state index contributed by atoms with van der Waals surface area (Å²) in [6, 6.07) is 0. The van der Waals surface area contributed by atoms with Crippen LogP contribution in [0.4, 0.5) is 13.2 Å². The molecule has 0 aromatic carbocycles.